The van der Waals surface area contributed by atoms with Crippen LogP contribution in [0.15, 0.2) is 84.2 Å². The van der Waals surface area contributed by atoms with E-state index in [2.05, 4.69) is 21.1 Å². The second-order valence-corrected chi connectivity index (χ2v) is 9.75. The maximum atomic E-state index is 13.7. The molecule has 0 amide bonds. The first-order chi connectivity index (χ1) is 20.4. The van der Waals surface area contributed by atoms with Crippen molar-refractivity contribution in [3.63, 3.8) is 0 Å². The smallest absolute Gasteiger partial charge is 0.221 e. The fourth-order valence-electron chi connectivity index (χ4n) is 5.00. The van der Waals surface area contributed by atoms with Gasteiger partial charge in [0.1, 0.15) is 11.9 Å². The number of methoxy groups -OCH3 is 2. The van der Waals surface area contributed by atoms with Crippen LogP contribution in [0.25, 0.3) is 0 Å². The molecule has 3 aromatic carbocycles. The molecule has 1 aliphatic rings. The molecule has 5 N–H and O–H groups in total. The molecule has 1 aromatic heterocycles. The molecular formula is C32H32N6O4. The van der Waals surface area contributed by atoms with Crippen molar-refractivity contribution < 1.29 is 19.4 Å². The van der Waals surface area contributed by atoms with Gasteiger partial charge < -0.3 is 26.0 Å². The summed E-state index contributed by atoms with van der Waals surface area (Å²) >= 11 is 0. The number of rotatable bonds is 10. The van der Waals surface area contributed by atoms with E-state index in [1.54, 1.807) is 35.8 Å². The minimum atomic E-state index is -0.292. The number of ether oxygens (including phenoxy) is 2. The van der Waals surface area contributed by atoms with Crippen molar-refractivity contribution in [2.24, 2.45) is 5.10 Å². The summed E-state index contributed by atoms with van der Waals surface area (Å²) in [6, 6.07) is 19.4. The van der Waals surface area contributed by atoms with Crippen LogP contribution in [0.5, 0.6) is 11.5 Å². The molecule has 0 bridgehead atoms. The number of hydrogen-bond donors (Lipinski definition) is 3. The number of hydrazone groups is 1. The summed E-state index contributed by atoms with van der Waals surface area (Å²) in [5.74, 6) is 0.795. The molecule has 4 aromatic rings. The molecule has 214 valence electrons. The summed E-state index contributed by atoms with van der Waals surface area (Å²) in [7, 11) is 3.01. The zero-order chi connectivity index (χ0) is 29.6. The fraction of sp³-hybridized carbons (Fsp3) is 0.188. The number of aromatic nitrogens is 2. The second-order valence-electron chi connectivity index (χ2n) is 9.75. The Balaban J connectivity index is 1.48. The Labute approximate surface area is 243 Å². The standard InChI is InChI=1S/C32H32N6O4/c1-41-28-17-21(15-24-18-35-32(34)37-31(24)33)16-26(30(28)42-2)27(40)11-13-38-29(22-9-7-20(8-10-22)12-14-39)25-6-4-3-5-23(25)19-36-38/h3-11,13,16-19,29,39H,12,14-15H2,1-2H3,(H4,33,34,35,37)/b13-11+. The number of carbonyl (C=O) groups is 1. The van der Waals surface area contributed by atoms with Gasteiger partial charge in [-0.25, -0.2) is 4.98 Å². The third-order valence-corrected chi connectivity index (χ3v) is 7.08. The van der Waals surface area contributed by atoms with Gasteiger partial charge in [-0.1, -0.05) is 48.5 Å². The average molecular weight is 565 g/mol. The van der Waals surface area contributed by atoms with Crippen molar-refractivity contribution >= 4 is 23.8 Å². The van der Waals surface area contributed by atoms with Crippen LogP contribution >= 0.6 is 0 Å². The predicted molar refractivity (Wildman–Crippen MR) is 162 cm³/mol. The third-order valence-electron chi connectivity index (χ3n) is 7.08. The molecular weight excluding hydrogens is 532 g/mol. The van der Waals surface area contributed by atoms with Crippen LogP contribution in [0.4, 0.5) is 11.8 Å². The SMILES string of the molecule is COc1cc(Cc2cnc(N)nc2N)cc(C(=O)/C=C/N2N=Cc3ccccc3C2c2ccc(CCO)cc2)c1OC. The largest absolute Gasteiger partial charge is 0.493 e. The molecule has 2 heterocycles. The van der Waals surface area contributed by atoms with E-state index in [1.807, 2.05) is 42.5 Å². The number of carbonyl (C=O) groups excluding carboxylic acids is 1. The Kier molecular flexibility index (Phi) is 8.44. The van der Waals surface area contributed by atoms with Crippen molar-refractivity contribution in [1.29, 1.82) is 0 Å². The van der Waals surface area contributed by atoms with E-state index < -0.39 is 0 Å². The van der Waals surface area contributed by atoms with Gasteiger partial charge >= 0.3 is 0 Å². The molecule has 0 spiro atoms. The highest BCUT2D eigenvalue weighted by molar-refractivity contribution is 6.07. The van der Waals surface area contributed by atoms with Gasteiger partial charge in [0, 0.05) is 42.6 Å². The number of aliphatic hydroxyl groups is 1. The highest BCUT2D eigenvalue weighted by Gasteiger charge is 2.26. The number of allylic oxidation sites excluding steroid dienone is 1. The van der Waals surface area contributed by atoms with E-state index in [-0.39, 0.29) is 30.2 Å². The summed E-state index contributed by atoms with van der Waals surface area (Å²) in [4.78, 5) is 21.7. The minimum Gasteiger partial charge on any atom is -0.493 e. The third kappa shape index (κ3) is 5.93. The molecule has 0 aliphatic carbocycles. The second kappa shape index (κ2) is 12.5. The topological polar surface area (TPSA) is 149 Å². The predicted octanol–water partition coefficient (Wildman–Crippen LogP) is 3.92. The normalized spacial score (nSPS) is 14.2. The lowest BCUT2D eigenvalue weighted by molar-refractivity contribution is 0.104. The number of nitrogens with zero attached hydrogens (tertiary/aromatic N) is 4. The molecule has 10 nitrogen and oxygen atoms in total. The van der Waals surface area contributed by atoms with Gasteiger partial charge in [-0.3, -0.25) is 9.80 Å². The Bertz CT molecular complexity index is 1650. The van der Waals surface area contributed by atoms with E-state index in [0.29, 0.717) is 35.5 Å². The maximum absolute atomic E-state index is 13.7. The van der Waals surface area contributed by atoms with Crippen LogP contribution in [-0.2, 0) is 12.8 Å². The Morgan fingerprint density at radius 2 is 1.83 bits per heavy atom. The highest BCUT2D eigenvalue weighted by Crippen LogP contribution is 2.36. The lowest BCUT2D eigenvalue weighted by atomic mass is 9.92. The van der Waals surface area contributed by atoms with Crippen LogP contribution < -0.4 is 20.9 Å². The zero-order valence-electron chi connectivity index (χ0n) is 23.4. The molecule has 0 fully saturated rings. The number of anilines is 2. The summed E-state index contributed by atoms with van der Waals surface area (Å²) < 4.78 is 11.1. The lowest BCUT2D eigenvalue weighted by Crippen LogP contribution is -2.25. The van der Waals surface area contributed by atoms with Crippen LogP contribution in [0.2, 0.25) is 0 Å². The van der Waals surface area contributed by atoms with Crippen molar-refractivity contribution in [2.75, 3.05) is 32.3 Å². The molecule has 42 heavy (non-hydrogen) atoms. The van der Waals surface area contributed by atoms with Gasteiger partial charge in [0.2, 0.25) is 5.95 Å². The van der Waals surface area contributed by atoms with Crippen LogP contribution in [0, 0.1) is 0 Å². The molecule has 1 unspecified atom stereocenters. The summed E-state index contributed by atoms with van der Waals surface area (Å²) in [5, 5.41) is 15.7. The number of nitrogens with two attached hydrogens (primary N) is 2. The quantitative estimate of drug-likeness (QED) is 0.192. The molecule has 5 rings (SSSR count). The molecule has 0 radical (unpaired) electrons. The van der Waals surface area contributed by atoms with Crippen molar-refractivity contribution in [3.8, 4) is 11.5 Å². The minimum absolute atomic E-state index is 0.0868. The summed E-state index contributed by atoms with van der Waals surface area (Å²) in [6.07, 6.45) is 7.44. The van der Waals surface area contributed by atoms with E-state index in [0.717, 1.165) is 27.8 Å². The van der Waals surface area contributed by atoms with Crippen LogP contribution in [0.3, 0.4) is 0 Å². The maximum Gasteiger partial charge on any atom is 0.221 e. The number of benzene rings is 3. The molecule has 0 saturated carbocycles. The number of ketones is 1. The summed E-state index contributed by atoms with van der Waals surface area (Å²) in [6.45, 7) is 0.0868. The first kappa shape index (κ1) is 28.3. The van der Waals surface area contributed by atoms with Gasteiger partial charge in [0.05, 0.1) is 26.0 Å². The lowest BCUT2D eigenvalue weighted by Gasteiger charge is -2.31. The van der Waals surface area contributed by atoms with E-state index in [4.69, 9.17) is 20.9 Å². The zero-order valence-corrected chi connectivity index (χ0v) is 23.4. The Hall–Kier alpha value is -5.22. The molecule has 1 atom stereocenters. The van der Waals surface area contributed by atoms with Crippen molar-refractivity contribution in [2.45, 2.75) is 18.9 Å². The first-order valence-electron chi connectivity index (χ1n) is 13.4. The average Bonchev–Trinajstić information content (AvgIpc) is 3.01. The Morgan fingerprint density at radius 1 is 1.05 bits per heavy atom. The van der Waals surface area contributed by atoms with E-state index >= 15 is 0 Å². The van der Waals surface area contributed by atoms with Gasteiger partial charge in [0.25, 0.3) is 0 Å². The monoisotopic (exact) mass is 564 g/mol. The van der Waals surface area contributed by atoms with Crippen molar-refractivity contribution in [3.05, 3.63) is 118 Å². The first-order valence-corrected chi connectivity index (χ1v) is 13.4. The molecule has 0 saturated heterocycles. The van der Waals surface area contributed by atoms with Crippen LogP contribution in [-0.4, -0.2) is 52.9 Å². The number of hydrogen-bond acceptors (Lipinski definition) is 10. The highest BCUT2D eigenvalue weighted by atomic mass is 16.5. The van der Waals surface area contributed by atoms with Crippen LogP contribution in [0.1, 0.15) is 49.8 Å². The number of fused-ring (bicyclic) bond motifs is 1. The van der Waals surface area contributed by atoms with Gasteiger partial charge in [-0.15, -0.1) is 0 Å². The Morgan fingerprint density at radius 3 is 2.55 bits per heavy atom. The molecule has 10 heteroatoms. The molecule has 1 aliphatic heterocycles. The number of aliphatic hydroxyl groups excluding tert-OH is 1. The van der Waals surface area contributed by atoms with Gasteiger partial charge in [-0.05, 0) is 40.8 Å². The van der Waals surface area contributed by atoms with E-state index in [9.17, 15) is 9.90 Å². The summed E-state index contributed by atoms with van der Waals surface area (Å²) in [5.41, 5.74) is 17.5. The fourth-order valence-corrected chi connectivity index (χ4v) is 5.00. The van der Waals surface area contributed by atoms with Crippen molar-refractivity contribution in [1.82, 2.24) is 15.0 Å². The van der Waals surface area contributed by atoms with Gasteiger partial charge in [0.15, 0.2) is 17.3 Å². The van der Waals surface area contributed by atoms with Gasteiger partial charge in [-0.2, -0.15) is 10.1 Å². The van der Waals surface area contributed by atoms with E-state index in [1.165, 1.54) is 20.3 Å². The number of nitrogen functional groups attached to an aromatic ring is 2.